The van der Waals surface area contributed by atoms with Crippen LogP contribution in [0.15, 0.2) is 72.9 Å². The summed E-state index contributed by atoms with van der Waals surface area (Å²) >= 11 is 0. The summed E-state index contributed by atoms with van der Waals surface area (Å²) in [4.78, 5) is 23.6. The first-order chi connectivity index (χ1) is 20.4. The monoisotopic (exact) mass is 588 g/mol. The maximum absolute atomic E-state index is 11.9. The topological polar surface area (TPSA) is 113 Å². The highest BCUT2D eigenvalue weighted by Crippen LogP contribution is 2.09. The van der Waals surface area contributed by atoms with E-state index in [1.165, 1.54) is 25.7 Å². The second-order valence-electron chi connectivity index (χ2n) is 10.2. The fraction of sp³-hybridized carbons (Fsp3) is 0.600. The van der Waals surface area contributed by atoms with Crippen molar-refractivity contribution in [3.8, 4) is 0 Å². The molecule has 0 aliphatic heterocycles. The molecule has 0 amide bonds. The molecule has 42 heavy (non-hydrogen) atoms. The second-order valence-corrected chi connectivity index (χ2v) is 10.2. The number of rotatable bonds is 26. The van der Waals surface area contributed by atoms with E-state index in [1.807, 2.05) is 48.6 Å². The Kier molecular flexibility index (Phi) is 27.8. The number of aliphatic hydroxyl groups excluding tert-OH is 3. The molecule has 0 aromatic rings. The highest BCUT2D eigenvalue weighted by molar-refractivity contribution is 5.69. The molecule has 0 bridgehead atoms. The van der Waals surface area contributed by atoms with Crippen LogP contribution in [-0.2, 0) is 19.1 Å². The van der Waals surface area contributed by atoms with Crippen molar-refractivity contribution in [2.45, 2.75) is 122 Å². The molecule has 3 atom stereocenters. The number of aliphatic hydroxyl groups is 3. The van der Waals surface area contributed by atoms with Crippen LogP contribution in [0.4, 0.5) is 0 Å². The lowest BCUT2D eigenvalue weighted by Gasteiger charge is -2.12. The first-order valence-corrected chi connectivity index (χ1v) is 15.7. The van der Waals surface area contributed by atoms with E-state index in [9.17, 15) is 24.9 Å². The molecule has 7 heteroatoms. The minimum atomic E-state index is -1.03. The summed E-state index contributed by atoms with van der Waals surface area (Å²) in [6.45, 7) is 3.86. The number of carbonyl (C=O) groups is 2. The minimum Gasteiger partial charge on any atom is -0.463 e. The summed E-state index contributed by atoms with van der Waals surface area (Å²) in [7, 11) is 0. The van der Waals surface area contributed by atoms with Gasteiger partial charge in [-0.25, -0.2) is 0 Å². The van der Waals surface area contributed by atoms with E-state index in [0.717, 1.165) is 32.1 Å². The van der Waals surface area contributed by atoms with Gasteiger partial charge in [0.1, 0.15) is 19.3 Å². The Morgan fingerprint density at radius 1 is 0.643 bits per heavy atom. The molecule has 0 radical (unpaired) electrons. The van der Waals surface area contributed by atoms with Gasteiger partial charge in [-0.1, -0.05) is 125 Å². The molecule has 0 aromatic heterocycles. The molecule has 3 N–H and O–H groups in total. The zero-order chi connectivity index (χ0) is 31.1. The lowest BCUT2D eigenvalue weighted by Crippen LogP contribution is -2.25. The van der Waals surface area contributed by atoms with E-state index in [-0.39, 0.29) is 25.6 Å². The van der Waals surface area contributed by atoms with E-state index in [4.69, 9.17) is 9.47 Å². The largest absolute Gasteiger partial charge is 0.463 e. The highest BCUT2D eigenvalue weighted by atomic mass is 16.6. The molecule has 0 aromatic carbocycles. The molecule has 7 nitrogen and oxygen atoms in total. The van der Waals surface area contributed by atoms with Crippen LogP contribution in [0.3, 0.4) is 0 Å². The predicted octanol–water partition coefficient (Wildman–Crippen LogP) is 6.99. The summed E-state index contributed by atoms with van der Waals surface area (Å²) in [6, 6.07) is 0. The van der Waals surface area contributed by atoms with Gasteiger partial charge in [0.15, 0.2) is 0 Å². The van der Waals surface area contributed by atoms with Gasteiger partial charge in [-0.05, 0) is 38.5 Å². The summed E-state index contributed by atoms with van der Waals surface area (Å²) in [6.07, 6.45) is 31.9. The van der Waals surface area contributed by atoms with Gasteiger partial charge >= 0.3 is 11.9 Å². The number of carbonyl (C=O) groups excluding carboxylic acids is 2. The average Bonchev–Trinajstić information content (AvgIpc) is 2.97. The Morgan fingerprint density at radius 2 is 1.24 bits per heavy atom. The molecule has 0 rings (SSSR count). The lowest BCUT2D eigenvalue weighted by molar-refractivity contribution is -0.152. The van der Waals surface area contributed by atoms with Crippen LogP contribution in [0.25, 0.3) is 0 Å². The Balaban J connectivity index is 3.85. The number of unbranched alkanes of at least 4 members (excludes halogenated alkanes) is 7. The summed E-state index contributed by atoms with van der Waals surface area (Å²) in [5.74, 6) is -0.759. The van der Waals surface area contributed by atoms with Crippen molar-refractivity contribution >= 4 is 11.9 Å². The van der Waals surface area contributed by atoms with Gasteiger partial charge in [0.2, 0.25) is 0 Å². The fourth-order valence-corrected chi connectivity index (χ4v) is 3.71. The van der Waals surface area contributed by atoms with E-state index in [2.05, 4.69) is 13.8 Å². The van der Waals surface area contributed by atoms with Crippen LogP contribution in [0, 0.1) is 0 Å². The maximum Gasteiger partial charge on any atom is 0.305 e. The molecule has 0 fully saturated rings. The van der Waals surface area contributed by atoms with Gasteiger partial charge in [0.05, 0.1) is 12.2 Å². The molecule has 0 unspecified atom stereocenters. The number of hydrogen-bond acceptors (Lipinski definition) is 7. The van der Waals surface area contributed by atoms with Gasteiger partial charge in [0.25, 0.3) is 0 Å². The number of ether oxygens (including phenoxy) is 2. The van der Waals surface area contributed by atoms with Crippen molar-refractivity contribution in [3.63, 3.8) is 0 Å². The Hall–Kier alpha value is -2.74. The van der Waals surface area contributed by atoms with Crippen LogP contribution < -0.4 is 0 Å². The fourth-order valence-electron chi connectivity index (χ4n) is 3.71. The first-order valence-electron chi connectivity index (χ1n) is 15.7. The number of allylic oxidation sites excluding steroid dienone is 8. The third kappa shape index (κ3) is 28.8. The third-order valence-electron chi connectivity index (χ3n) is 6.13. The van der Waals surface area contributed by atoms with E-state index in [1.54, 1.807) is 24.3 Å². The molecular formula is C35H56O7. The molecule has 0 aliphatic carbocycles. The van der Waals surface area contributed by atoms with Crippen molar-refractivity contribution in [3.05, 3.63) is 72.9 Å². The molecule has 0 aliphatic rings. The quantitative estimate of drug-likeness (QED) is 0.0432. The van der Waals surface area contributed by atoms with Crippen molar-refractivity contribution in [2.75, 3.05) is 13.2 Å². The van der Waals surface area contributed by atoms with E-state index < -0.39 is 24.3 Å². The normalized spacial score (nSPS) is 14.7. The maximum atomic E-state index is 11.9. The summed E-state index contributed by atoms with van der Waals surface area (Å²) < 4.78 is 10.1. The molecule has 0 heterocycles. The van der Waals surface area contributed by atoms with Crippen LogP contribution in [0.5, 0.6) is 0 Å². The second kappa shape index (κ2) is 29.7. The van der Waals surface area contributed by atoms with Crippen molar-refractivity contribution in [1.82, 2.24) is 0 Å². The predicted molar refractivity (Wildman–Crippen MR) is 171 cm³/mol. The van der Waals surface area contributed by atoms with Crippen LogP contribution >= 0.6 is 0 Å². The standard InChI is InChI=1S/C35H56O7/c1-3-5-7-8-10-15-21-27-34(39)41-29-33(38)30-42-35(40)28-22-16-20-26-32(37)25-19-14-12-9-11-13-18-24-31(36)23-17-6-4-2/h6,11-14,17-20,24-26,31-33,36-38H,3-5,7-10,15-16,21-23,27-30H2,1-2H3/b13-11-,14-12-,17-6-,24-18+,25-19+,26-20-/t31-,32-,33+/m1/s1. The Bertz CT molecular complexity index is 838. The van der Waals surface area contributed by atoms with Crippen molar-refractivity contribution in [1.29, 1.82) is 0 Å². The molecule has 0 saturated heterocycles. The van der Waals surface area contributed by atoms with Crippen LogP contribution in [-0.4, -0.2) is 58.8 Å². The molecule has 238 valence electrons. The number of esters is 2. The SMILES string of the molecule is CC/C=C\C[C@@H](O)/C=C/C=C\C/C=C\C=C\[C@@H](O)/C=C\CCCC(=O)OC[C@@H](O)COC(=O)CCCCCCCCC. The van der Waals surface area contributed by atoms with Gasteiger partial charge in [-0.15, -0.1) is 0 Å². The lowest BCUT2D eigenvalue weighted by atomic mass is 10.1. The van der Waals surface area contributed by atoms with Gasteiger partial charge in [-0.2, -0.15) is 0 Å². The third-order valence-corrected chi connectivity index (χ3v) is 6.13. The number of hydrogen-bond donors (Lipinski definition) is 3. The van der Waals surface area contributed by atoms with Crippen LogP contribution in [0.2, 0.25) is 0 Å². The summed E-state index contributed by atoms with van der Waals surface area (Å²) in [5, 5.41) is 29.6. The van der Waals surface area contributed by atoms with Crippen molar-refractivity contribution in [2.24, 2.45) is 0 Å². The Morgan fingerprint density at radius 3 is 1.88 bits per heavy atom. The Labute approximate surface area is 254 Å². The zero-order valence-corrected chi connectivity index (χ0v) is 25.9. The van der Waals surface area contributed by atoms with Crippen molar-refractivity contribution < 1.29 is 34.4 Å². The summed E-state index contributed by atoms with van der Waals surface area (Å²) in [5.41, 5.74) is 0. The van der Waals surface area contributed by atoms with E-state index in [0.29, 0.717) is 25.7 Å². The zero-order valence-electron chi connectivity index (χ0n) is 25.9. The van der Waals surface area contributed by atoms with Gasteiger partial charge in [-0.3, -0.25) is 9.59 Å². The molecule has 0 spiro atoms. The highest BCUT2D eigenvalue weighted by Gasteiger charge is 2.12. The smallest absolute Gasteiger partial charge is 0.305 e. The molecule has 0 saturated carbocycles. The van der Waals surface area contributed by atoms with E-state index >= 15 is 0 Å². The van der Waals surface area contributed by atoms with Gasteiger partial charge < -0.3 is 24.8 Å². The van der Waals surface area contributed by atoms with Gasteiger partial charge in [0, 0.05) is 12.8 Å². The average molecular weight is 589 g/mol. The minimum absolute atomic E-state index is 0.178. The first kappa shape index (κ1) is 39.3. The van der Waals surface area contributed by atoms with Crippen LogP contribution in [0.1, 0.15) is 104 Å². The molecular weight excluding hydrogens is 532 g/mol.